The Hall–Kier alpha value is -2.46. The average molecular weight is 356 g/mol. The summed E-state index contributed by atoms with van der Waals surface area (Å²) in [4.78, 5) is 35.7. The van der Waals surface area contributed by atoms with Crippen LogP contribution >= 0.6 is 0 Å². The molecule has 10 heteroatoms. The Morgan fingerprint density at radius 3 is 2.58 bits per heavy atom. The van der Waals surface area contributed by atoms with Crippen molar-refractivity contribution in [3.63, 3.8) is 0 Å². The first kappa shape index (κ1) is 17.9. The summed E-state index contributed by atoms with van der Waals surface area (Å²) in [5.41, 5.74) is -0.0361. The highest BCUT2D eigenvalue weighted by molar-refractivity contribution is 7.90. The Balaban J connectivity index is 2.38. The molecular formula is C14H16N2O7S. The summed E-state index contributed by atoms with van der Waals surface area (Å²) in [6.07, 6.45) is 0. The summed E-state index contributed by atoms with van der Waals surface area (Å²) < 4.78 is 30.4. The largest absolute Gasteiger partial charge is 0.480 e. The van der Waals surface area contributed by atoms with Gasteiger partial charge in [-0.05, 0) is 18.2 Å². The third kappa shape index (κ3) is 3.10. The van der Waals surface area contributed by atoms with E-state index in [0.717, 1.165) is 11.0 Å². The molecule has 1 N–H and O–H groups in total. The second-order valence-electron chi connectivity index (χ2n) is 5.14. The Morgan fingerprint density at radius 1 is 1.33 bits per heavy atom. The lowest BCUT2D eigenvalue weighted by molar-refractivity contribution is -0.137. The number of likely N-dealkylation sites (N-methyl/N-ethyl adjacent to an activating group) is 1. The molecule has 0 saturated heterocycles. The summed E-state index contributed by atoms with van der Waals surface area (Å²) in [6.45, 7) is -0.609. The van der Waals surface area contributed by atoms with Crippen molar-refractivity contribution in [1.82, 2.24) is 9.21 Å². The minimum atomic E-state index is -4.06. The highest BCUT2D eigenvalue weighted by Crippen LogP contribution is 2.31. The van der Waals surface area contributed by atoms with Gasteiger partial charge in [0.1, 0.15) is 11.4 Å². The van der Waals surface area contributed by atoms with Gasteiger partial charge in [-0.25, -0.2) is 12.7 Å². The number of fused-ring (bicyclic) bond motifs is 1. The number of amides is 2. The molecular weight excluding hydrogens is 340 g/mol. The van der Waals surface area contributed by atoms with Crippen molar-refractivity contribution in [3.05, 3.63) is 29.3 Å². The molecule has 2 amide bonds. The summed E-state index contributed by atoms with van der Waals surface area (Å²) in [7, 11) is -1.39. The van der Waals surface area contributed by atoms with Gasteiger partial charge in [0.2, 0.25) is 0 Å². The molecule has 0 radical (unpaired) electrons. The third-order valence-corrected chi connectivity index (χ3v) is 5.29. The lowest BCUT2D eigenvalue weighted by Gasteiger charge is -2.15. The van der Waals surface area contributed by atoms with Gasteiger partial charge >= 0.3 is 5.97 Å². The minimum absolute atomic E-state index is 0.0116. The van der Waals surface area contributed by atoms with Crippen molar-refractivity contribution >= 4 is 27.8 Å². The molecule has 130 valence electrons. The molecule has 2 rings (SSSR count). The Kier molecular flexibility index (Phi) is 4.90. The monoisotopic (exact) mass is 356 g/mol. The van der Waals surface area contributed by atoms with Crippen LogP contribution < -0.4 is 0 Å². The molecule has 1 aliphatic heterocycles. The van der Waals surface area contributed by atoms with Crippen LogP contribution in [0.4, 0.5) is 0 Å². The predicted molar refractivity (Wildman–Crippen MR) is 81.1 cm³/mol. The van der Waals surface area contributed by atoms with Gasteiger partial charge in [-0.2, -0.15) is 0 Å². The van der Waals surface area contributed by atoms with Crippen molar-refractivity contribution in [3.8, 4) is 0 Å². The van der Waals surface area contributed by atoms with Gasteiger partial charge in [-0.3, -0.25) is 14.4 Å². The zero-order valence-electron chi connectivity index (χ0n) is 13.1. The fourth-order valence-electron chi connectivity index (χ4n) is 2.30. The predicted octanol–water partition coefficient (Wildman–Crippen LogP) is -0.366. The summed E-state index contributed by atoms with van der Waals surface area (Å²) >= 11 is 0. The molecule has 9 nitrogen and oxygen atoms in total. The Morgan fingerprint density at radius 2 is 2.00 bits per heavy atom. The fourth-order valence-corrected chi connectivity index (χ4v) is 3.88. The number of carboxylic acid groups (broad SMARTS) is 1. The van der Waals surface area contributed by atoms with E-state index in [2.05, 4.69) is 0 Å². The van der Waals surface area contributed by atoms with Crippen LogP contribution in [0.15, 0.2) is 23.1 Å². The van der Waals surface area contributed by atoms with Gasteiger partial charge in [0.05, 0.1) is 18.7 Å². The van der Waals surface area contributed by atoms with E-state index >= 15 is 0 Å². The molecule has 0 atom stereocenters. The third-order valence-electron chi connectivity index (χ3n) is 3.47. The van der Waals surface area contributed by atoms with E-state index in [0.29, 0.717) is 4.31 Å². The van der Waals surface area contributed by atoms with Crippen LogP contribution in [0.2, 0.25) is 0 Å². The zero-order valence-corrected chi connectivity index (χ0v) is 13.9. The zero-order chi connectivity index (χ0) is 18.1. The SMILES string of the molecule is COCCN1C(=O)c2ccc(C(=O)N(C)CC(=O)O)cc2S1(=O)=O. The topological polar surface area (TPSA) is 121 Å². The van der Waals surface area contributed by atoms with Gasteiger partial charge in [0, 0.05) is 19.7 Å². The molecule has 1 aromatic carbocycles. The van der Waals surface area contributed by atoms with Crippen LogP contribution in [-0.2, 0) is 19.6 Å². The number of carboxylic acids is 1. The number of carbonyl (C=O) groups is 3. The van der Waals surface area contributed by atoms with Gasteiger partial charge in [0.25, 0.3) is 21.8 Å². The second kappa shape index (κ2) is 6.57. The number of hydrogen-bond donors (Lipinski definition) is 1. The van der Waals surface area contributed by atoms with Crippen LogP contribution in [0.3, 0.4) is 0 Å². The van der Waals surface area contributed by atoms with Gasteiger partial charge in [0.15, 0.2) is 0 Å². The number of sulfonamides is 1. The number of hydrogen-bond acceptors (Lipinski definition) is 6. The van der Waals surface area contributed by atoms with E-state index in [9.17, 15) is 22.8 Å². The molecule has 0 aromatic heterocycles. The molecule has 0 aliphatic carbocycles. The van der Waals surface area contributed by atoms with E-state index in [1.54, 1.807) is 0 Å². The first-order valence-electron chi connectivity index (χ1n) is 6.87. The molecule has 0 saturated carbocycles. The summed E-state index contributed by atoms with van der Waals surface area (Å²) in [5.74, 6) is -2.53. The number of nitrogens with zero attached hydrogens (tertiary/aromatic N) is 2. The van der Waals surface area contributed by atoms with Gasteiger partial charge in [-0.15, -0.1) is 0 Å². The molecule has 24 heavy (non-hydrogen) atoms. The number of aliphatic carboxylic acids is 1. The Labute approximate surface area is 138 Å². The first-order valence-corrected chi connectivity index (χ1v) is 8.31. The maximum atomic E-state index is 12.5. The van der Waals surface area contributed by atoms with Crippen molar-refractivity contribution in [2.75, 3.05) is 33.9 Å². The highest BCUT2D eigenvalue weighted by Gasteiger charge is 2.41. The Bertz CT molecular complexity index is 803. The highest BCUT2D eigenvalue weighted by atomic mass is 32.2. The summed E-state index contributed by atoms with van der Waals surface area (Å²) in [6, 6.07) is 3.65. The second-order valence-corrected chi connectivity index (χ2v) is 6.97. The number of ether oxygens (including phenoxy) is 1. The van der Waals surface area contributed by atoms with Crippen LogP contribution in [0.25, 0.3) is 0 Å². The van der Waals surface area contributed by atoms with E-state index < -0.39 is 34.4 Å². The first-order chi connectivity index (χ1) is 11.2. The maximum absolute atomic E-state index is 12.5. The molecule has 1 heterocycles. The quantitative estimate of drug-likeness (QED) is 0.738. The lowest BCUT2D eigenvalue weighted by Crippen LogP contribution is -2.33. The van der Waals surface area contributed by atoms with Crippen molar-refractivity contribution in [2.45, 2.75) is 4.90 Å². The van der Waals surface area contributed by atoms with E-state index in [4.69, 9.17) is 9.84 Å². The van der Waals surface area contributed by atoms with Crippen LogP contribution in [0.1, 0.15) is 20.7 Å². The lowest BCUT2D eigenvalue weighted by atomic mass is 10.1. The minimum Gasteiger partial charge on any atom is -0.480 e. The van der Waals surface area contributed by atoms with Gasteiger partial charge < -0.3 is 14.7 Å². The molecule has 0 bridgehead atoms. The van der Waals surface area contributed by atoms with E-state index in [1.807, 2.05) is 0 Å². The molecule has 0 fully saturated rings. The van der Waals surface area contributed by atoms with Crippen LogP contribution in [-0.4, -0.2) is 74.4 Å². The number of methoxy groups -OCH3 is 1. The van der Waals surface area contributed by atoms with Crippen molar-refractivity contribution in [1.29, 1.82) is 0 Å². The fraction of sp³-hybridized carbons (Fsp3) is 0.357. The summed E-state index contributed by atoms with van der Waals surface area (Å²) in [5, 5.41) is 8.72. The smallest absolute Gasteiger partial charge is 0.323 e. The van der Waals surface area contributed by atoms with Crippen LogP contribution in [0, 0.1) is 0 Å². The molecule has 0 spiro atoms. The maximum Gasteiger partial charge on any atom is 0.323 e. The standard InChI is InChI=1S/C14H16N2O7S/c1-15(8-12(17)18)13(19)9-3-4-10-11(7-9)24(21,22)16(14(10)20)5-6-23-2/h3-4,7H,5-6,8H2,1-2H3,(H,17,18). The van der Waals surface area contributed by atoms with Crippen LogP contribution in [0.5, 0.6) is 0 Å². The van der Waals surface area contributed by atoms with E-state index in [1.165, 1.54) is 26.3 Å². The van der Waals surface area contributed by atoms with Crippen molar-refractivity contribution < 1.29 is 32.6 Å². The normalized spacial score (nSPS) is 15.2. The van der Waals surface area contributed by atoms with E-state index in [-0.39, 0.29) is 29.2 Å². The average Bonchev–Trinajstić information content (AvgIpc) is 2.70. The molecule has 0 unspecified atom stereocenters. The van der Waals surface area contributed by atoms with Gasteiger partial charge in [-0.1, -0.05) is 0 Å². The molecule has 1 aliphatic rings. The molecule has 1 aromatic rings. The number of benzene rings is 1. The number of carbonyl (C=O) groups excluding carboxylic acids is 2. The number of rotatable bonds is 6. The van der Waals surface area contributed by atoms with Crippen molar-refractivity contribution in [2.24, 2.45) is 0 Å².